The van der Waals surface area contributed by atoms with Crippen LogP contribution in [0.4, 0.5) is 18.0 Å². The van der Waals surface area contributed by atoms with Gasteiger partial charge in [0.25, 0.3) is 0 Å². The lowest BCUT2D eigenvalue weighted by atomic mass is 9.76. The number of ether oxygens (including phenoxy) is 1. The molecule has 6 nitrogen and oxygen atoms in total. The van der Waals surface area contributed by atoms with Gasteiger partial charge in [-0.2, -0.15) is 21.6 Å². The van der Waals surface area contributed by atoms with Crippen LogP contribution in [0.1, 0.15) is 49.8 Å². The Labute approximate surface area is 191 Å². The highest BCUT2D eigenvalue weighted by molar-refractivity contribution is 7.88. The average Bonchev–Trinajstić information content (AvgIpc) is 2.68. The van der Waals surface area contributed by atoms with Gasteiger partial charge >= 0.3 is 21.7 Å². The molecule has 0 aliphatic heterocycles. The molecule has 2 atom stereocenters. The summed E-state index contributed by atoms with van der Waals surface area (Å²) in [7, 11) is -5.80. The van der Waals surface area contributed by atoms with E-state index >= 15 is 0 Å². The van der Waals surface area contributed by atoms with Crippen LogP contribution in [0, 0.1) is 0 Å². The Balaban J connectivity index is 1.95. The van der Waals surface area contributed by atoms with Crippen LogP contribution < -0.4 is 9.50 Å². The van der Waals surface area contributed by atoms with Crippen LogP contribution in [0.3, 0.4) is 0 Å². The fraction of sp³-hybridized carbons (Fsp3) is 0.435. The standard InChI is InChI=1S/C23H26F3NO5S/c1-22(2,3)31-21(28)27-20-12-10-16-9-11-17(32-33(29,30)23(24,25)26)14-18(16)19(20)13-15-7-5-4-6-8-15/h4-9,11,14,19-20H,10,12-13H2,1-3H3,(H,27,28). The smallest absolute Gasteiger partial charge is 0.444 e. The maximum Gasteiger partial charge on any atom is 0.534 e. The maximum atomic E-state index is 12.8. The number of alkyl halides is 3. The zero-order chi connectivity index (χ0) is 24.4. The van der Waals surface area contributed by atoms with E-state index in [-0.39, 0.29) is 12.0 Å². The van der Waals surface area contributed by atoms with Gasteiger partial charge in [0.05, 0.1) is 0 Å². The third-order valence-corrected chi connectivity index (χ3v) is 6.20. The van der Waals surface area contributed by atoms with Gasteiger partial charge in [-0.05, 0) is 68.9 Å². The quantitative estimate of drug-likeness (QED) is 0.472. The zero-order valence-corrected chi connectivity index (χ0v) is 19.3. The highest BCUT2D eigenvalue weighted by Gasteiger charge is 2.48. The number of alkyl carbamates (subject to hydrolysis) is 1. The van der Waals surface area contributed by atoms with Crippen molar-refractivity contribution in [2.24, 2.45) is 0 Å². The van der Waals surface area contributed by atoms with E-state index < -0.39 is 33.1 Å². The molecule has 2 aromatic carbocycles. The van der Waals surface area contributed by atoms with Crippen LogP contribution in [0.5, 0.6) is 5.75 Å². The molecule has 10 heteroatoms. The summed E-state index contributed by atoms with van der Waals surface area (Å²) in [5.41, 5.74) is -3.79. The van der Waals surface area contributed by atoms with Crippen molar-refractivity contribution >= 4 is 16.2 Å². The largest absolute Gasteiger partial charge is 0.534 e. The van der Waals surface area contributed by atoms with E-state index in [1.807, 2.05) is 30.3 Å². The van der Waals surface area contributed by atoms with Crippen molar-refractivity contribution in [3.8, 4) is 5.75 Å². The summed E-state index contributed by atoms with van der Waals surface area (Å²) in [5.74, 6) is -0.761. The number of nitrogens with one attached hydrogen (secondary N) is 1. The number of aryl methyl sites for hydroxylation is 1. The van der Waals surface area contributed by atoms with Gasteiger partial charge in [0.2, 0.25) is 0 Å². The summed E-state index contributed by atoms with van der Waals surface area (Å²) in [4.78, 5) is 12.4. The van der Waals surface area contributed by atoms with E-state index in [4.69, 9.17) is 4.74 Å². The summed E-state index contributed by atoms with van der Waals surface area (Å²) in [5, 5.41) is 2.88. The molecule has 1 aliphatic carbocycles. The molecule has 0 spiro atoms. The van der Waals surface area contributed by atoms with Gasteiger partial charge in [-0.15, -0.1) is 0 Å². The maximum absolute atomic E-state index is 12.8. The molecule has 33 heavy (non-hydrogen) atoms. The molecule has 0 radical (unpaired) electrons. The van der Waals surface area contributed by atoms with Gasteiger partial charge in [0, 0.05) is 12.0 Å². The van der Waals surface area contributed by atoms with Crippen LogP contribution in [-0.4, -0.2) is 31.7 Å². The number of amides is 1. The lowest BCUT2D eigenvalue weighted by molar-refractivity contribution is -0.0500. The number of carbonyl (C=O) groups excluding carboxylic acids is 1. The third-order valence-electron chi connectivity index (χ3n) is 5.22. The molecule has 180 valence electrons. The monoisotopic (exact) mass is 485 g/mol. The highest BCUT2D eigenvalue weighted by Crippen LogP contribution is 2.38. The average molecular weight is 486 g/mol. The number of carbonyl (C=O) groups is 1. The second-order valence-electron chi connectivity index (χ2n) is 8.93. The number of hydrogen-bond acceptors (Lipinski definition) is 5. The normalized spacial score (nSPS) is 18.8. The molecule has 0 saturated carbocycles. The Kier molecular flexibility index (Phi) is 6.97. The van der Waals surface area contributed by atoms with Gasteiger partial charge in [-0.3, -0.25) is 0 Å². The minimum atomic E-state index is -5.80. The summed E-state index contributed by atoms with van der Waals surface area (Å²) in [6.07, 6.45) is 1.02. The van der Waals surface area contributed by atoms with Gasteiger partial charge in [0.15, 0.2) is 0 Å². The van der Waals surface area contributed by atoms with E-state index in [1.54, 1.807) is 26.8 Å². The zero-order valence-electron chi connectivity index (χ0n) is 18.5. The SMILES string of the molecule is CC(C)(C)OC(=O)NC1CCc2ccc(OS(=O)(=O)C(F)(F)F)cc2C1Cc1ccccc1. The fourth-order valence-corrected chi connectivity index (χ4v) is 4.30. The molecule has 2 unspecified atom stereocenters. The fourth-order valence-electron chi connectivity index (χ4n) is 3.85. The Hall–Kier alpha value is -2.75. The molecule has 0 aromatic heterocycles. The van der Waals surface area contributed by atoms with Gasteiger partial charge < -0.3 is 14.2 Å². The van der Waals surface area contributed by atoms with Crippen molar-refractivity contribution < 1.29 is 35.3 Å². The molecular formula is C23H26F3NO5S. The number of rotatable bonds is 5. The lowest BCUT2D eigenvalue weighted by Gasteiger charge is -2.35. The molecule has 0 fully saturated rings. The Morgan fingerprint density at radius 3 is 2.36 bits per heavy atom. The number of hydrogen-bond donors (Lipinski definition) is 1. The number of halogens is 3. The molecule has 2 aromatic rings. The van der Waals surface area contributed by atoms with Crippen LogP contribution in [0.15, 0.2) is 48.5 Å². The van der Waals surface area contributed by atoms with Crippen molar-refractivity contribution in [3.05, 3.63) is 65.2 Å². The second kappa shape index (κ2) is 9.24. The van der Waals surface area contributed by atoms with Crippen LogP contribution in [0.2, 0.25) is 0 Å². The van der Waals surface area contributed by atoms with E-state index in [9.17, 15) is 26.4 Å². The first kappa shape index (κ1) is 24.9. The van der Waals surface area contributed by atoms with E-state index in [0.29, 0.717) is 24.8 Å². The summed E-state index contributed by atoms with van der Waals surface area (Å²) in [6, 6.07) is 13.1. The predicted molar refractivity (Wildman–Crippen MR) is 116 cm³/mol. The molecule has 0 saturated heterocycles. The molecular weight excluding hydrogens is 459 g/mol. The number of benzene rings is 2. The van der Waals surface area contributed by atoms with Crippen molar-refractivity contribution in [3.63, 3.8) is 0 Å². The summed E-state index contributed by atoms with van der Waals surface area (Å²) < 4.78 is 71.1. The molecule has 1 amide bonds. The lowest BCUT2D eigenvalue weighted by Crippen LogP contribution is -2.44. The number of fused-ring (bicyclic) bond motifs is 1. The van der Waals surface area contributed by atoms with Crippen LogP contribution in [0.25, 0.3) is 0 Å². The van der Waals surface area contributed by atoms with Gasteiger partial charge in [-0.1, -0.05) is 36.4 Å². The first-order valence-electron chi connectivity index (χ1n) is 10.4. The van der Waals surface area contributed by atoms with E-state index in [0.717, 1.165) is 11.1 Å². The summed E-state index contributed by atoms with van der Waals surface area (Å²) >= 11 is 0. The molecule has 0 bridgehead atoms. The van der Waals surface area contributed by atoms with Gasteiger partial charge in [-0.25, -0.2) is 4.79 Å². The summed E-state index contributed by atoms with van der Waals surface area (Å²) in [6.45, 7) is 5.23. The van der Waals surface area contributed by atoms with Crippen molar-refractivity contribution in [1.82, 2.24) is 5.32 Å². The Bertz CT molecular complexity index is 1100. The topological polar surface area (TPSA) is 81.7 Å². The first-order valence-corrected chi connectivity index (χ1v) is 11.8. The van der Waals surface area contributed by atoms with Gasteiger partial charge in [0.1, 0.15) is 11.4 Å². The van der Waals surface area contributed by atoms with E-state index in [1.165, 1.54) is 12.1 Å². The molecule has 0 heterocycles. The Morgan fingerprint density at radius 2 is 1.76 bits per heavy atom. The molecule has 1 aliphatic rings. The highest BCUT2D eigenvalue weighted by atomic mass is 32.2. The second-order valence-corrected chi connectivity index (χ2v) is 10.5. The predicted octanol–water partition coefficient (Wildman–Crippen LogP) is 5.08. The Morgan fingerprint density at radius 1 is 1.09 bits per heavy atom. The minimum absolute atomic E-state index is 0.333. The molecule has 3 rings (SSSR count). The van der Waals surface area contributed by atoms with Crippen molar-refractivity contribution in [2.75, 3.05) is 0 Å². The van der Waals surface area contributed by atoms with Crippen molar-refractivity contribution in [2.45, 2.75) is 63.1 Å². The third kappa shape index (κ3) is 6.40. The van der Waals surface area contributed by atoms with Crippen LogP contribution in [-0.2, 0) is 27.7 Å². The first-order chi connectivity index (χ1) is 15.2. The van der Waals surface area contributed by atoms with Crippen molar-refractivity contribution in [1.29, 1.82) is 0 Å². The minimum Gasteiger partial charge on any atom is -0.444 e. The molecule has 1 N–H and O–H groups in total. The van der Waals surface area contributed by atoms with E-state index in [2.05, 4.69) is 9.50 Å². The van der Waals surface area contributed by atoms with Crippen LogP contribution >= 0.6 is 0 Å².